The summed E-state index contributed by atoms with van der Waals surface area (Å²) in [5.41, 5.74) is -1.44. The van der Waals surface area contributed by atoms with Crippen LogP contribution in [-0.2, 0) is 31.0 Å². The van der Waals surface area contributed by atoms with Crippen molar-refractivity contribution >= 4 is 17.5 Å². The number of hydrogen-bond acceptors (Lipinski definition) is 7. The topological polar surface area (TPSA) is 99.1 Å². The minimum Gasteiger partial charge on any atom is -0.504 e. The number of rotatable bonds is 30. The van der Waals surface area contributed by atoms with Crippen LogP contribution in [0.2, 0.25) is 0 Å². The quantitative estimate of drug-likeness (QED) is 0.0274. The fourth-order valence-electron chi connectivity index (χ4n) is 7.67. The standard InChI is InChI=1S/C48H70O7/c1-5-7-9-11-13-15-17-19-21-23-25-27-29-31-33-35-38-42-40(37-41(53-3)43(38)49)55-47(52)48(42)45(50)39(44(54-4)46(48)51)36-34-32-30-28-26-24-22-20-18-16-14-12-10-8-6-2/h13-16,19-22,37,49H,5-12,17-18,23-36H2,1-4H3/b15-13-,16-14-,21-19-,22-20-. The third kappa shape index (κ3) is 13.1. The molecule has 1 unspecified atom stereocenters. The third-order valence-corrected chi connectivity index (χ3v) is 10.8. The second-order valence-corrected chi connectivity index (χ2v) is 15.1. The van der Waals surface area contributed by atoms with Gasteiger partial charge >= 0.3 is 5.97 Å². The van der Waals surface area contributed by atoms with E-state index in [4.69, 9.17) is 14.2 Å². The van der Waals surface area contributed by atoms with Crippen molar-refractivity contribution in [2.75, 3.05) is 14.2 Å². The SMILES string of the molecule is CCCCC/C=C\C/C=C\CCCCCCCC1=C(OC)C(=O)C2(C(=O)Oc3cc(OC)c(O)c(CCCCCCC/C=C\C/C=C\CCCCC)c32)C1=O. The zero-order valence-corrected chi connectivity index (χ0v) is 34.6. The molecule has 0 bridgehead atoms. The molecule has 1 aromatic carbocycles. The molecule has 0 fully saturated rings. The van der Waals surface area contributed by atoms with Crippen LogP contribution in [0.15, 0.2) is 66.0 Å². The first-order chi connectivity index (χ1) is 26.9. The fraction of sp³-hybridized carbons (Fsp3) is 0.604. The number of Topliss-reactive ketones (excluding diaryl/α,β-unsaturated/α-hetero) is 2. The Balaban J connectivity index is 1.53. The van der Waals surface area contributed by atoms with Crippen molar-refractivity contribution in [3.8, 4) is 17.2 Å². The van der Waals surface area contributed by atoms with Crippen LogP contribution in [0.3, 0.4) is 0 Å². The van der Waals surface area contributed by atoms with Crippen molar-refractivity contribution < 1.29 is 33.7 Å². The van der Waals surface area contributed by atoms with Gasteiger partial charge in [-0.05, 0) is 89.9 Å². The highest BCUT2D eigenvalue weighted by Crippen LogP contribution is 2.54. The summed E-state index contributed by atoms with van der Waals surface area (Å²) in [4.78, 5) is 42.1. The summed E-state index contributed by atoms with van der Waals surface area (Å²) in [5, 5.41) is 11.3. The van der Waals surface area contributed by atoms with Crippen molar-refractivity contribution in [2.24, 2.45) is 0 Å². The predicted octanol–water partition coefficient (Wildman–Crippen LogP) is 12.4. The maximum atomic E-state index is 14.3. The van der Waals surface area contributed by atoms with E-state index in [1.807, 2.05) is 0 Å². The van der Waals surface area contributed by atoms with E-state index in [1.165, 1.54) is 65.2 Å². The molecule has 7 nitrogen and oxygen atoms in total. The molecule has 304 valence electrons. The van der Waals surface area contributed by atoms with Gasteiger partial charge in [-0.1, -0.05) is 127 Å². The van der Waals surface area contributed by atoms with Gasteiger partial charge in [0.15, 0.2) is 23.0 Å². The van der Waals surface area contributed by atoms with E-state index in [2.05, 4.69) is 62.5 Å². The monoisotopic (exact) mass is 759 g/mol. The van der Waals surface area contributed by atoms with Crippen molar-refractivity contribution in [2.45, 2.75) is 173 Å². The number of aromatic hydroxyl groups is 1. The number of benzene rings is 1. The molecule has 1 aromatic rings. The van der Waals surface area contributed by atoms with E-state index < -0.39 is 23.0 Å². The Morgan fingerprint density at radius 3 is 1.56 bits per heavy atom. The van der Waals surface area contributed by atoms with Crippen molar-refractivity contribution in [1.29, 1.82) is 0 Å². The molecule has 2 aliphatic rings. The van der Waals surface area contributed by atoms with Crippen molar-refractivity contribution in [3.05, 3.63) is 77.1 Å². The molecule has 1 aliphatic carbocycles. The lowest BCUT2D eigenvalue weighted by Gasteiger charge is -2.21. The number of ketones is 2. The molecule has 55 heavy (non-hydrogen) atoms. The summed E-state index contributed by atoms with van der Waals surface area (Å²) in [6.07, 6.45) is 42.4. The Morgan fingerprint density at radius 1 is 0.600 bits per heavy atom. The largest absolute Gasteiger partial charge is 0.504 e. The first-order valence-electron chi connectivity index (χ1n) is 21.5. The highest BCUT2D eigenvalue weighted by atomic mass is 16.5. The van der Waals surface area contributed by atoms with E-state index in [0.717, 1.165) is 83.5 Å². The number of carbonyl (C=O) groups excluding carboxylic acids is 3. The van der Waals surface area contributed by atoms with Crippen LogP contribution >= 0.6 is 0 Å². The smallest absolute Gasteiger partial charge is 0.338 e. The zero-order chi connectivity index (χ0) is 39.7. The molecule has 1 N–H and O–H groups in total. The van der Waals surface area contributed by atoms with Crippen LogP contribution in [0.5, 0.6) is 17.2 Å². The van der Waals surface area contributed by atoms with Crippen LogP contribution in [-0.4, -0.2) is 36.9 Å². The maximum Gasteiger partial charge on any atom is 0.338 e. The number of unbranched alkanes of at least 4 members (excludes halogenated alkanes) is 16. The van der Waals surface area contributed by atoms with E-state index in [-0.39, 0.29) is 34.1 Å². The lowest BCUT2D eigenvalue weighted by Crippen LogP contribution is -2.46. The van der Waals surface area contributed by atoms with Gasteiger partial charge in [0.1, 0.15) is 5.75 Å². The Morgan fingerprint density at radius 2 is 1.07 bits per heavy atom. The zero-order valence-electron chi connectivity index (χ0n) is 34.6. The molecule has 7 heteroatoms. The molecule has 0 amide bonds. The molecule has 0 saturated heterocycles. The van der Waals surface area contributed by atoms with E-state index in [1.54, 1.807) is 0 Å². The predicted molar refractivity (Wildman–Crippen MR) is 224 cm³/mol. The fourth-order valence-corrected chi connectivity index (χ4v) is 7.67. The van der Waals surface area contributed by atoms with Crippen molar-refractivity contribution in [1.82, 2.24) is 0 Å². The van der Waals surface area contributed by atoms with Gasteiger partial charge in [-0.15, -0.1) is 0 Å². The molecule has 3 rings (SSSR count). The lowest BCUT2D eigenvalue weighted by molar-refractivity contribution is -0.146. The first-order valence-corrected chi connectivity index (χ1v) is 21.5. The van der Waals surface area contributed by atoms with Crippen LogP contribution in [0.25, 0.3) is 0 Å². The number of allylic oxidation sites excluding steroid dienone is 10. The summed E-state index contributed by atoms with van der Waals surface area (Å²) in [5.74, 6) is -2.23. The minimum absolute atomic E-state index is 0.0716. The molecular weight excluding hydrogens is 689 g/mol. The minimum atomic E-state index is -2.19. The average molecular weight is 759 g/mol. The highest BCUT2D eigenvalue weighted by Gasteiger charge is 2.67. The Labute approximate surface area is 332 Å². The number of carbonyl (C=O) groups is 3. The number of methoxy groups -OCH3 is 2. The number of ether oxygens (including phenoxy) is 3. The molecule has 1 spiro atoms. The van der Waals surface area contributed by atoms with Gasteiger partial charge in [0.25, 0.3) is 0 Å². The third-order valence-electron chi connectivity index (χ3n) is 10.8. The highest BCUT2D eigenvalue weighted by molar-refractivity contribution is 6.42. The van der Waals surface area contributed by atoms with E-state index in [0.29, 0.717) is 31.2 Å². The van der Waals surface area contributed by atoms with E-state index >= 15 is 0 Å². The summed E-state index contributed by atoms with van der Waals surface area (Å²) < 4.78 is 16.6. The Hall–Kier alpha value is -3.87. The van der Waals surface area contributed by atoms with Gasteiger partial charge in [0.2, 0.25) is 11.2 Å². The molecular formula is C48H70O7. The van der Waals surface area contributed by atoms with Crippen molar-refractivity contribution in [3.63, 3.8) is 0 Å². The normalized spacial score (nSPS) is 17.1. The number of phenols is 1. The molecule has 0 saturated carbocycles. The lowest BCUT2D eigenvalue weighted by atomic mass is 9.73. The van der Waals surface area contributed by atoms with Gasteiger partial charge in [0, 0.05) is 22.8 Å². The van der Waals surface area contributed by atoms with Gasteiger partial charge in [0.05, 0.1) is 14.2 Å². The van der Waals surface area contributed by atoms with Gasteiger partial charge in [-0.3, -0.25) is 9.59 Å². The molecule has 1 heterocycles. The number of hydrogen-bond donors (Lipinski definition) is 1. The van der Waals surface area contributed by atoms with Crippen LogP contribution < -0.4 is 9.47 Å². The van der Waals surface area contributed by atoms with Crippen LogP contribution in [0, 0.1) is 0 Å². The Bertz CT molecular complexity index is 1510. The summed E-state index contributed by atoms with van der Waals surface area (Å²) in [6, 6.07) is 1.40. The molecule has 1 atom stereocenters. The molecule has 0 radical (unpaired) electrons. The molecule has 1 aliphatic heterocycles. The van der Waals surface area contributed by atoms with Gasteiger partial charge in [-0.25, -0.2) is 4.79 Å². The molecule has 0 aromatic heterocycles. The van der Waals surface area contributed by atoms with Gasteiger partial charge < -0.3 is 19.3 Å². The summed E-state index contributed by atoms with van der Waals surface area (Å²) in [6.45, 7) is 4.45. The summed E-state index contributed by atoms with van der Waals surface area (Å²) in [7, 11) is 2.79. The second kappa shape index (κ2) is 26.1. The first kappa shape index (κ1) is 45.5. The second-order valence-electron chi connectivity index (χ2n) is 15.1. The average Bonchev–Trinajstić information content (AvgIpc) is 3.60. The van der Waals surface area contributed by atoms with Crippen LogP contribution in [0.4, 0.5) is 0 Å². The summed E-state index contributed by atoms with van der Waals surface area (Å²) >= 11 is 0. The number of phenolic OH excluding ortho intramolecular Hbond substituents is 1. The number of fused-ring (bicyclic) bond motifs is 2. The Kier molecular flexibility index (Phi) is 21.6. The van der Waals surface area contributed by atoms with E-state index in [9.17, 15) is 19.5 Å². The van der Waals surface area contributed by atoms with Crippen LogP contribution in [0.1, 0.15) is 173 Å². The number of esters is 1. The van der Waals surface area contributed by atoms with Gasteiger partial charge in [-0.2, -0.15) is 0 Å². The maximum absolute atomic E-state index is 14.3.